The predicted octanol–water partition coefficient (Wildman–Crippen LogP) is 12.5. The average molecular weight is 597 g/mol. The monoisotopic (exact) mass is 596 g/mol. The van der Waals surface area contributed by atoms with Gasteiger partial charge in [-0.3, -0.25) is 0 Å². The molecule has 0 aliphatic carbocycles. The van der Waals surface area contributed by atoms with Crippen LogP contribution in [0.25, 0.3) is 22.3 Å². The molecule has 0 amide bonds. The molecule has 0 atom stereocenters. The Morgan fingerprint density at radius 3 is 0.870 bits per heavy atom. The van der Waals surface area contributed by atoms with Gasteiger partial charge in [-0.2, -0.15) is 0 Å². The molecule has 0 heteroatoms. The Labute approximate surface area is 276 Å². The summed E-state index contributed by atoms with van der Waals surface area (Å²) in [5, 5.41) is 0. The van der Waals surface area contributed by atoms with Gasteiger partial charge in [-0.25, -0.2) is 0 Å². The fourth-order valence-electron chi connectivity index (χ4n) is 4.79. The molecule has 7 aromatic rings. The van der Waals surface area contributed by atoms with E-state index in [1.807, 2.05) is 42.5 Å². The molecule has 7 aromatic carbocycles. The highest BCUT2D eigenvalue weighted by atomic mass is 14.0. The van der Waals surface area contributed by atoms with Gasteiger partial charge in [-0.15, -0.1) is 0 Å². The third kappa shape index (κ3) is 12.3. The zero-order valence-electron chi connectivity index (χ0n) is 27.0. The molecule has 0 radical (unpaired) electrons. The van der Waals surface area contributed by atoms with Gasteiger partial charge in [-0.05, 0) is 58.7 Å². The topological polar surface area (TPSA) is 0 Å². The molecule has 0 aliphatic heterocycles. The molecule has 0 heterocycles. The first-order chi connectivity index (χ1) is 22.7. The van der Waals surface area contributed by atoms with E-state index in [0.29, 0.717) is 0 Å². The van der Waals surface area contributed by atoms with Crippen LogP contribution < -0.4 is 0 Å². The lowest BCUT2D eigenvalue weighted by Crippen LogP contribution is -1.87. The van der Waals surface area contributed by atoms with Crippen LogP contribution in [0.3, 0.4) is 0 Å². The minimum atomic E-state index is 0.996. The molecule has 0 aliphatic rings. The zero-order valence-corrected chi connectivity index (χ0v) is 27.0. The molecule has 7 rings (SSSR count). The summed E-state index contributed by atoms with van der Waals surface area (Å²) >= 11 is 0. The van der Waals surface area contributed by atoms with Gasteiger partial charge in [0.1, 0.15) is 0 Å². The van der Waals surface area contributed by atoms with E-state index in [-0.39, 0.29) is 0 Å². The second-order valence-electron chi connectivity index (χ2n) is 11.0. The maximum atomic E-state index is 2.22. The van der Waals surface area contributed by atoms with Crippen LogP contribution in [-0.2, 0) is 12.8 Å². The largest absolute Gasteiger partial charge is 0.0622 e. The number of benzene rings is 7. The smallest absolute Gasteiger partial charge is 0.00258 e. The van der Waals surface area contributed by atoms with Crippen molar-refractivity contribution in [3.8, 4) is 22.3 Å². The molecule has 0 bridgehead atoms. The maximum absolute atomic E-state index is 2.22. The molecule has 228 valence electrons. The highest BCUT2D eigenvalue weighted by Crippen LogP contribution is 2.20. The van der Waals surface area contributed by atoms with E-state index < -0.39 is 0 Å². The van der Waals surface area contributed by atoms with Crippen LogP contribution in [0.15, 0.2) is 206 Å². The predicted molar refractivity (Wildman–Crippen MR) is 200 cm³/mol. The van der Waals surface area contributed by atoms with Gasteiger partial charge < -0.3 is 0 Å². The molecule has 0 saturated carbocycles. The molecule has 46 heavy (non-hydrogen) atoms. The first-order valence-corrected chi connectivity index (χ1v) is 16.1. The van der Waals surface area contributed by atoms with Crippen LogP contribution in [0.2, 0.25) is 0 Å². The summed E-state index contributed by atoms with van der Waals surface area (Å²) in [4.78, 5) is 0. The van der Waals surface area contributed by atoms with Crippen molar-refractivity contribution in [2.24, 2.45) is 0 Å². The molecular formula is C46H44. The zero-order chi connectivity index (χ0) is 32.1. The van der Waals surface area contributed by atoms with Gasteiger partial charge >= 0.3 is 0 Å². The van der Waals surface area contributed by atoms with Gasteiger partial charge in [0.15, 0.2) is 0 Å². The Morgan fingerprint density at radius 2 is 0.565 bits per heavy atom. The van der Waals surface area contributed by atoms with Crippen LogP contribution >= 0.6 is 0 Å². The van der Waals surface area contributed by atoms with Crippen molar-refractivity contribution in [3.63, 3.8) is 0 Å². The Hall–Kier alpha value is -5.46. The number of hydrogen-bond donors (Lipinski definition) is 0. The molecule has 0 unspecified atom stereocenters. The number of aryl methyl sites for hydroxylation is 2. The third-order valence-corrected chi connectivity index (χ3v) is 7.38. The van der Waals surface area contributed by atoms with Gasteiger partial charge in [0.2, 0.25) is 0 Å². The Kier molecular flexibility index (Phi) is 14.4. The molecule has 0 aromatic heterocycles. The van der Waals surface area contributed by atoms with Crippen LogP contribution in [0.1, 0.15) is 29.2 Å². The first-order valence-electron chi connectivity index (χ1n) is 16.1. The summed E-state index contributed by atoms with van der Waals surface area (Å²) in [6.07, 6.45) is 2.14. The lowest BCUT2D eigenvalue weighted by Gasteiger charge is -2.05. The highest BCUT2D eigenvalue weighted by molar-refractivity contribution is 5.64. The van der Waals surface area contributed by atoms with Crippen LogP contribution in [0.5, 0.6) is 0 Å². The van der Waals surface area contributed by atoms with Crippen molar-refractivity contribution in [1.29, 1.82) is 0 Å². The van der Waals surface area contributed by atoms with Gasteiger partial charge in [0.25, 0.3) is 0 Å². The number of hydrogen-bond acceptors (Lipinski definition) is 0. The van der Waals surface area contributed by atoms with E-state index >= 15 is 0 Å². The van der Waals surface area contributed by atoms with Crippen molar-refractivity contribution in [1.82, 2.24) is 0 Å². The molecule has 0 nitrogen and oxygen atoms in total. The summed E-state index contributed by atoms with van der Waals surface area (Å²) in [6, 6.07) is 71.4. The second-order valence-corrected chi connectivity index (χ2v) is 11.0. The second kappa shape index (κ2) is 19.7. The SMILES string of the molecule is CCc1ccccc1.Cc1ccccc1.c1ccc(-c2ccccc2)cc1.c1ccc(Cc2ccc(-c3ccccc3)cc2)cc1. The van der Waals surface area contributed by atoms with Gasteiger partial charge in [0, 0.05) is 0 Å². The normalized spacial score (nSPS) is 9.70. The average Bonchev–Trinajstić information content (AvgIpc) is 3.15. The molecule has 0 spiro atoms. The Bertz CT molecular complexity index is 1690. The van der Waals surface area contributed by atoms with E-state index in [9.17, 15) is 0 Å². The maximum Gasteiger partial charge on any atom is -0.00258 e. The summed E-state index contributed by atoms with van der Waals surface area (Å²) < 4.78 is 0. The van der Waals surface area contributed by atoms with Crippen LogP contribution in [0.4, 0.5) is 0 Å². The summed E-state index contributed by atoms with van der Waals surface area (Å²) in [5.74, 6) is 0. The minimum Gasteiger partial charge on any atom is -0.0622 e. The molecule has 0 N–H and O–H groups in total. The lowest BCUT2D eigenvalue weighted by atomic mass is 10.0. The van der Waals surface area contributed by atoms with Crippen molar-refractivity contribution < 1.29 is 0 Å². The van der Waals surface area contributed by atoms with Crippen molar-refractivity contribution in [3.05, 3.63) is 229 Å². The Morgan fingerprint density at radius 1 is 0.283 bits per heavy atom. The van der Waals surface area contributed by atoms with Crippen LogP contribution in [0, 0.1) is 6.92 Å². The van der Waals surface area contributed by atoms with Gasteiger partial charge in [0.05, 0.1) is 0 Å². The number of rotatable bonds is 5. The summed E-state index contributed by atoms with van der Waals surface area (Å²) in [7, 11) is 0. The van der Waals surface area contributed by atoms with E-state index in [4.69, 9.17) is 0 Å². The summed E-state index contributed by atoms with van der Waals surface area (Å²) in [5.41, 5.74) is 10.5. The highest BCUT2D eigenvalue weighted by Gasteiger charge is 1.99. The van der Waals surface area contributed by atoms with E-state index in [2.05, 4.69) is 178 Å². The third-order valence-electron chi connectivity index (χ3n) is 7.38. The van der Waals surface area contributed by atoms with Gasteiger partial charge in [-0.1, -0.05) is 219 Å². The van der Waals surface area contributed by atoms with E-state index in [0.717, 1.165) is 12.8 Å². The van der Waals surface area contributed by atoms with Crippen molar-refractivity contribution in [2.45, 2.75) is 26.7 Å². The Balaban J connectivity index is 0.000000152. The minimum absolute atomic E-state index is 0.996. The lowest BCUT2D eigenvalue weighted by molar-refractivity contribution is 1.14. The van der Waals surface area contributed by atoms with Crippen LogP contribution in [-0.4, -0.2) is 0 Å². The van der Waals surface area contributed by atoms with E-state index in [1.54, 1.807) is 0 Å². The van der Waals surface area contributed by atoms with Crippen molar-refractivity contribution in [2.75, 3.05) is 0 Å². The van der Waals surface area contributed by atoms with Crippen molar-refractivity contribution >= 4 is 0 Å². The molecule has 0 fully saturated rings. The fraction of sp³-hybridized carbons (Fsp3) is 0.0870. The molecular weight excluding hydrogens is 553 g/mol. The first kappa shape index (κ1) is 33.4. The summed E-state index contributed by atoms with van der Waals surface area (Å²) in [6.45, 7) is 4.25. The quantitative estimate of drug-likeness (QED) is 0.185. The fourth-order valence-corrected chi connectivity index (χ4v) is 4.79. The molecule has 0 saturated heterocycles. The standard InChI is InChI=1S/C19H16.C12H10.C8H10.C7H8/c1-3-7-16(8-4-1)15-17-11-13-19(14-12-17)18-9-5-2-6-10-18;1-3-7-11(8-4-1)12-9-5-2-6-10-12;1-2-8-6-4-3-5-7-8;1-7-5-3-2-4-6-7/h1-14H,15H2;1-10H;3-7H,2H2,1H3;2-6H,1H3. The van der Waals surface area contributed by atoms with E-state index in [1.165, 1.54) is 44.5 Å².